The summed E-state index contributed by atoms with van der Waals surface area (Å²) in [5.74, 6) is 5.70. The molecular formula is C26H31N8OP. The van der Waals surface area contributed by atoms with Gasteiger partial charge in [-0.15, -0.1) is 0 Å². The molecule has 2 fully saturated rings. The number of aromatic nitrogens is 4. The summed E-state index contributed by atoms with van der Waals surface area (Å²) in [6, 6.07) is 6.09. The monoisotopic (exact) mass is 502 g/mol. The minimum atomic E-state index is -0.504. The van der Waals surface area contributed by atoms with Crippen molar-refractivity contribution in [3.63, 3.8) is 0 Å². The lowest BCUT2D eigenvalue weighted by Gasteiger charge is -2.46. The van der Waals surface area contributed by atoms with Gasteiger partial charge in [0.1, 0.15) is 17.2 Å². The zero-order valence-corrected chi connectivity index (χ0v) is 21.5. The molecule has 1 saturated heterocycles. The fourth-order valence-electron chi connectivity index (χ4n) is 6.04. The summed E-state index contributed by atoms with van der Waals surface area (Å²) in [6.07, 6.45) is 9.55. The Balaban J connectivity index is 1.19. The number of likely N-dealkylation sites (N-methyl/N-ethyl adjacent to an activating group) is 1. The Hall–Kier alpha value is -3.03. The third kappa shape index (κ3) is 3.76. The van der Waals surface area contributed by atoms with Gasteiger partial charge in [-0.1, -0.05) is 19.3 Å². The smallest absolute Gasteiger partial charge is 0.274 e. The molecule has 7 rings (SSSR count). The normalized spacial score (nSPS) is 21.9. The van der Waals surface area contributed by atoms with Gasteiger partial charge >= 0.3 is 0 Å². The van der Waals surface area contributed by atoms with Gasteiger partial charge in [-0.2, -0.15) is 4.98 Å². The Morgan fingerprint density at radius 2 is 1.81 bits per heavy atom. The number of hydrogen-bond donors (Lipinski definition) is 1. The number of nitrogens with one attached hydrogen (secondary N) is 1. The van der Waals surface area contributed by atoms with Crippen molar-refractivity contribution in [2.24, 2.45) is 0 Å². The molecule has 186 valence electrons. The van der Waals surface area contributed by atoms with Crippen molar-refractivity contribution in [3.8, 4) is 0 Å². The van der Waals surface area contributed by atoms with Crippen molar-refractivity contribution in [2.45, 2.75) is 37.6 Å². The van der Waals surface area contributed by atoms with Gasteiger partial charge < -0.3 is 24.4 Å². The van der Waals surface area contributed by atoms with Crippen LogP contribution in [0.25, 0.3) is 11.0 Å². The average molecular weight is 503 g/mol. The van der Waals surface area contributed by atoms with E-state index >= 15 is 0 Å². The fraction of sp³-hybridized carbons (Fsp3) is 0.462. The van der Waals surface area contributed by atoms with Crippen LogP contribution < -0.4 is 10.2 Å². The lowest BCUT2D eigenvalue weighted by Crippen LogP contribution is -2.52. The van der Waals surface area contributed by atoms with Crippen LogP contribution in [-0.4, -0.2) is 74.8 Å². The van der Waals surface area contributed by atoms with E-state index in [2.05, 4.69) is 59.1 Å². The van der Waals surface area contributed by atoms with Crippen LogP contribution in [0.5, 0.6) is 0 Å². The number of amides is 1. The van der Waals surface area contributed by atoms with Gasteiger partial charge in [-0.3, -0.25) is 4.79 Å². The van der Waals surface area contributed by atoms with Crippen LogP contribution in [0.15, 0.2) is 42.2 Å². The highest BCUT2D eigenvalue weighted by Gasteiger charge is 2.47. The zero-order valence-electron chi connectivity index (χ0n) is 20.6. The van der Waals surface area contributed by atoms with E-state index in [4.69, 9.17) is 4.98 Å². The van der Waals surface area contributed by atoms with Crippen LogP contribution in [0.4, 0.5) is 17.5 Å². The maximum absolute atomic E-state index is 13.5. The van der Waals surface area contributed by atoms with E-state index < -0.39 is 8.07 Å². The van der Waals surface area contributed by atoms with Crippen molar-refractivity contribution in [1.29, 1.82) is 0 Å². The molecular weight excluding hydrogens is 471 g/mol. The number of nitrogens with zero attached hydrogens (tertiary/aromatic N) is 7. The molecule has 10 heteroatoms. The van der Waals surface area contributed by atoms with E-state index in [1.807, 2.05) is 24.5 Å². The minimum Gasteiger partial charge on any atom is -0.368 e. The summed E-state index contributed by atoms with van der Waals surface area (Å²) < 4.78 is 4.36. The zero-order chi connectivity index (χ0) is 24.3. The molecule has 1 spiro atoms. The predicted molar refractivity (Wildman–Crippen MR) is 143 cm³/mol. The fourth-order valence-corrected chi connectivity index (χ4v) is 7.33. The predicted octanol–water partition coefficient (Wildman–Crippen LogP) is 4.32. The number of rotatable bonds is 4. The molecule has 0 atom stereocenters. The molecule has 3 aliphatic heterocycles. The van der Waals surface area contributed by atoms with Gasteiger partial charge in [0.2, 0.25) is 5.95 Å². The highest BCUT2D eigenvalue weighted by Crippen LogP contribution is 2.59. The van der Waals surface area contributed by atoms with E-state index in [1.54, 1.807) is 0 Å². The van der Waals surface area contributed by atoms with Crippen molar-refractivity contribution >= 4 is 42.5 Å². The summed E-state index contributed by atoms with van der Waals surface area (Å²) in [5, 5.41) is 4.22. The second-order valence-electron chi connectivity index (χ2n) is 10.5. The third-order valence-corrected chi connectivity index (χ3v) is 9.56. The molecule has 1 saturated carbocycles. The Kier molecular flexibility index (Phi) is 5.26. The van der Waals surface area contributed by atoms with Gasteiger partial charge in [0.05, 0.1) is 17.4 Å². The Labute approximate surface area is 212 Å². The molecule has 1 N–H and O–H groups in total. The van der Waals surface area contributed by atoms with Gasteiger partial charge in [0, 0.05) is 52.4 Å². The minimum absolute atomic E-state index is 0.0795. The van der Waals surface area contributed by atoms with Gasteiger partial charge in [-0.25, -0.2) is 9.97 Å². The number of hydrogen-bond acceptors (Lipinski definition) is 7. The summed E-state index contributed by atoms with van der Waals surface area (Å²) in [4.78, 5) is 32.3. The van der Waals surface area contributed by atoms with Crippen LogP contribution in [0.2, 0.25) is 0 Å². The van der Waals surface area contributed by atoms with Crippen LogP contribution in [0.3, 0.4) is 0 Å². The Morgan fingerprint density at radius 3 is 2.53 bits per heavy atom. The molecule has 36 heavy (non-hydrogen) atoms. The molecule has 0 unspecified atom stereocenters. The highest BCUT2D eigenvalue weighted by molar-refractivity contribution is 7.69. The second-order valence-corrected chi connectivity index (χ2v) is 12.3. The maximum atomic E-state index is 13.5. The van der Waals surface area contributed by atoms with Gasteiger partial charge in [0.15, 0.2) is 0 Å². The number of pyridine rings is 1. The topological polar surface area (TPSA) is 82.4 Å². The highest BCUT2D eigenvalue weighted by atomic mass is 31.1. The van der Waals surface area contributed by atoms with Crippen LogP contribution in [0, 0.1) is 0 Å². The Bertz CT molecular complexity index is 1330. The van der Waals surface area contributed by atoms with E-state index in [-0.39, 0.29) is 11.4 Å². The summed E-state index contributed by atoms with van der Waals surface area (Å²) in [6.45, 7) is 4.94. The lowest BCUT2D eigenvalue weighted by atomic mass is 9.80. The average Bonchev–Trinajstić information content (AvgIpc) is 3.67. The van der Waals surface area contributed by atoms with E-state index in [0.29, 0.717) is 5.95 Å². The standard InChI is InChI=1S/C26H31N8OP/c1-31-9-11-32(12-10-31)20-5-6-22(27-17-20)29-25-28-16-19-15-21-24(35)33(36-13-14-36)18-26(7-3-2-4-8-26)34(21)23(19)30-25/h5-6,13-17H,2-4,7-12,18H2,1H3,(H,27,28,29,30). The van der Waals surface area contributed by atoms with Gasteiger partial charge in [0.25, 0.3) is 5.91 Å². The molecule has 1 amide bonds. The Morgan fingerprint density at radius 1 is 1.00 bits per heavy atom. The number of carbonyl (C=O) groups is 1. The van der Waals surface area contributed by atoms with Crippen LogP contribution in [-0.2, 0) is 5.54 Å². The number of anilines is 3. The molecule has 6 heterocycles. The summed E-state index contributed by atoms with van der Waals surface area (Å²) >= 11 is 0. The first-order valence-corrected chi connectivity index (χ1v) is 14.4. The van der Waals surface area contributed by atoms with Crippen LogP contribution in [0.1, 0.15) is 42.6 Å². The van der Waals surface area contributed by atoms with Gasteiger partial charge in [-0.05, 0) is 49.7 Å². The summed E-state index contributed by atoms with van der Waals surface area (Å²) in [7, 11) is 1.66. The maximum Gasteiger partial charge on any atom is 0.274 e. The van der Waals surface area contributed by atoms with E-state index in [9.17, 15) is 4.79 Å². The first-order valence-electron chi connectivity index (χ1n) is 12.9. The first kappa shape index (κ1) is 22.2. The number of fused-ring (bicyclic) bond motifs is 4. The van der Waals surface area contributed by atoms with Crippen molar-refractivity contribution < 1.29 is 4.79 Å². The van der Waals surface area contributed by atoms with Crippen LogP contribution >= 0.6 is 8.07 Å². The molecule has 1 aliphatic carbocycles. The van der Waals surface area contributed by atoms with Crippen molar-refractivity contribution in [3.05, 3.63) is 47.9 Å². The molecule has 3 aromatic heterocycles. The lowest BCUT2D eigenvalue weighted by molar-refractivity contribution is 0.0675. The largest absolute Gasteiger partial charge is 0.368 e. The molecule has 0 aromatic carbocycles. The number of piperazine rings is 1. The quantitative estimate of drug-likeness (QED) is 0.532. The molecule has 0 radical (unpaired) electrons. The van der Waals surface area contributed by atoms with E-state index in [0.717, 1.165) is 73.8 Å². The SMILES string of the molecule is CN1CCN(c2ccc(Nc3ncc4cc5n(c4n3)C3(CCCCC3)CN(P3C=C3)C5=O)nc2)CC1. The summed E-state index contributed by atoms with van der Waals surface area (Å²) in [5.41, 5.74) is 2.67. The first-order chi connectivity index (χ1) is 17.6. The molecule has 9 nitrogen and oxygen atoms in total. The third-order valence-electron chi connectivity index (χ3n) is 8.11. The molecule has 0 bridgehead atoms. The second kappa shape index (κ2) is 8.53. The van der Waals surface area contributed by atoms with Crippen molar-refractivity contribution in [1.82, 2.24) is 29.1 Å². The van der Waals surface area contributed by atoms with Crippen molar-refractivity contribution in [2.75, 3.05) is 50.0 Å². The number of carbonyl (C=O) groups excluding carboxylic acids is 1. The molecule has 4 aliphatic rings. The van der Waals surface area contributed by atoms with E-state index in [1.165, 1.54) is 19.3 Å². The molecule has 3 aromatic rings.